The highest BCUT2D eigenvalue weighted by molar-refractivity contribution is 5.89. The number of benzene rings is 1. The molecule has 28 heavy (non-hydrogen) atoms. The highest BCUT2D eigenvalue weighted by Crippen LogP contribution is 2.33. The van der Waals surface area contributed by atoms with Gasteiger partial charge in [0.25, 0.3) is 0 Å². The molecule has 1 aromatic carbocycles. The van der Waals surface area contributed by atoms with Gasteiger partial charge in [-0.3, -0.25) is 4.90 Å². The zero-order chi connectivity index (χ0) is 21.1. The topological polar surface area (TPSA) is 59.1 Å². The predicted molar refractivity (Wildman–Crippen MR) is 95.2 cm³/mol. The van der Waals surface area contributed by atoms with Gasteiger partial charge >= 0.3 is 18.1 Å². The molecule has 1 fully saturated rings. The van der Waals surface area contributed by atoms with Gasteiger partial charge in [0.2, 0.25) is 0 Å². The van der Waals surface area contributed by atoms with Gasteiger partial charge in [0, 0.05) is 32.7 Å². The molecule has 0 spiro atoms. The molecule has 6 nitrogen and oxygen atoms in total. The minimum atomic E-state index is -4.58. The van der Waals surface area contributed by atoms with Crippen molar-refractivity contribution in [2.75, 3.05) is 33.3 Å². The summed E-state index contributed by atoms with van der Waals surface area (Å²) in [6, 6.07) is 3.46. The number of hydrogen-bond donors (Lipinski definition) is 0. The van der Waals surface area contributed by atoms with Crippen LogP contribution in [0.5, 0.6) is 0 Å². The second-order valence-corrected chi connectivity index (χ2v) is 7.70. The fourth-order valence-corrected chi connectivity index (χ4v) is 2.70. The molecule has 2 rings (SSSR count). The van der Waals surface area contributed by atoms with E-state index in [0.717, 1.165) is 13.2 Å². The minimum absolute atomic E-state index is 0.0807. The van der Waals surface area contributed by atoms with Crippen molar-refractivity contribution in [3.05, 3.63) is 34.9 Å². The Kier molecular flexibility index (Phi) is 6.71. The van der Waals surface area contributed by atoms with Gasteiger partial charge in [-0.15, -0.1) is 5.06 Å². The summed E-state index contributed by atoms with van der Waals surface area (Å²) < 4.78 is 44.8. The molecule has 1 aliphatic heterocycles. The highest BCUT2D eigenvalue weighted by Gasteiger charge is 2.35. The van der Waals surface area contributed by atoms with Crippen molar-refractivity contribution in [1.82, 2.24) is 9.96 Å². The number of piperazine rings is 1. The van der Waals surface area contributed by atoms with Crippen molar-refractivity contribution in [3.63, 3.8) is 0 Å². The van der Waals surface area contributed by atoms with Crippen LogP contribution in [0.15, 0.2) is 18.2 Å². The Labute approximate surface area is 162 Å². The summed E-state index contributed by atoms with van der Waals surface area (Å²) in [4.78, 5) is 30.6. The number of esters is 1. The molecule has 0 amide bonds. The van der Waals surface area contributed by atoms with Crippen LogP contribution in [0.2, 0.25) is 0 Å². The fraction of sp³-hybridized carbons (Fsp3) is 0.579. The monoisotopic (exact) mass is 402 g/mol. The zero-order valence-electron chi connectivity index (χ0n) is 16.4. The first-order valence-electron chi connectivity index (χ1n) is 8.90. The van der Waals surface area contributed by atoms with Gasteiger partial charge in [-0.1, -0.05) is 6.07 Å². The first-order chi connectivity index (χ1) is 12.9. The largest absolute Gasteiger partial charge is 0.465 e. The Balaban J connectivity index is 2.05. The van der Waals surface area contributed by atoms with Crippen LogP contribution in [-0.4, -0.2) is 55.2 Å². The Morgan fingerprint density at radius 3 is 2.18 bits per heavy atom. The van der Waals surface area contributed by atoms with E-state index in [9.17, 15) is 22.8 Å². The quantitative estimate of drug-likeness (QED) is 0.722. The molecule has 0 N–H and O–H groups in total. The first-order valence-corrected chi connectivity index (χ1v) is 8.90. The molecular weight excluding hydrogens is 377 g/mol. The average molecular weight is 402 g/mol. The second kappa shape index (κ2) is 8.48. The van der Waals surface area contributed by atoms with E-state index in [0.29, 0.717) is 26.2 Å². The van der Waals surface area contributed by atoms with Gasteiger partial charge in [0.15, 0.2) is 0 Å². The van der Waals surface area contributed by atoms with E-state index >= 15 is 0 Å². The average Bonchev–Trinajstić information content (AvgIpc) is 2.61. The lowest BCUT2D eigenvalue weighted by Gasteiger charge is -2.34. The number of carbonyl (C=O) groups is 2. The van der Waals surface area contributed by atoms with Gasteiger partial charge < -0.3 is 9.57 Å². The number of methoxy groups -OCH3 is 1. The fourth-order valence-electron chi connectivity index (χ4n) is 2.70. The lowest BCUT2D eigenvalue weighted by atomic mass is 9.98. The van der Waals surface area contributed by atoms with Gasteiger partial charge in [0.1, 0.15) is 0 Å². The van der Waals surface area contributed by atoms with Crippen molar-refractivity contribution < 1.29 is 32.3 Å². The Morgan fingerprint density at radius 2 is 1.68 bits per heavy atom. The molecule has 0 saturated carbocycles. The van der Waals surface area contributed by atoms with Crippen LogP contribution in [0.1, 0.15) is 42.3 Å². The highest BCUT2D eigenvalue weighted by atomic mass is 19.4. The molecule has 0 bridgehead atoms. The van der Waals surface area contributed by atoms with Crippen LogP contribution in [0.3, 0.4) is 0 Å². The summed E-state index contributed by atoms with van der Waals surface area (Å²) in [5, 5.41) is 1.54. The summed E-state index contributed by atoms with van der Waals surface area (Å²) in [6.45, 7) is 7.05. The summed E-state index contributed by atoms with van der Waals surface area (Å²) in [5.41, 5.74) is -1.53. The summed E-state index contributed by atoms with van der Waals surface area (Å²) in [5.74, 6) is -1.16. The van der Waals surface area contributed by atoms with Gasteiger partial charge in [-0.25, -0.2) is 9.59 Å². The minimum Gasteiger partial charge on any atom is -0.465 e. The van der Waals surface area contributed by atoms with Crippen LogP contribution < -0.4 is 0 Å². The lowest BCUT2D eigenvalue weighted by Crippen LogP contribution is -2.47. The maximum atomic E-state index is 13.4. The number of nitrogens with zero attached hydrogens (tertiary/aromatic N) is 2. The van der Waals surface area contributed by atoms with Crippen LogP contribution in [-0.2, 0) is 27.1 Å². The third-order valence-electron chi connectivity index (χ3n) is 4.39. The summed E-state index contributed by atoms with van der Waals surface area (Å²) >= 11 is 0. The van der Waals surface area contributed by atoms with Crippen molar-refractivity contribution >= 4 is 11.9 Å². The van der Waals surface area contributed by atoms with E-state index in [1.165, 1.54) is 17.2 Å². The van der Waals surface area contributed by atoms with Crippen LogP contribution in [0, 0.1) is 5.41 Å². The SMILES string of the molecule is COC(=O)c1ccc(CN2CCN(OC(=O)C(C)(C)C)CC2)c(C(F)(F)F)c1. The van der Waals surface area contributed by atoms with Crippen molar-refractivity contribution in [2.24, 2.45) is 5.41 Å². The number of ether oxygens (including phenoxy) is 1. The van der Waals surface area contributed by atoms with E-state index in [4.69, 9.17) is 4.84 Å². The third-order valence-corrected chi connectivity index (χ3v) is 4.39. The van der Waals surface area contributed by atoms with E-state index in [-0.39, 0.29) is 23.6 Å². The van der Waals surface area contributed by atoms with Crippen molar-refractivity contribution in [1.29, 1.82) is 0 Å². The van der Waals surface area contributed by atoms with Gasteiger partial charge in [-0.2, -0.15) is 13.2 Å². The molecule has 0 radical (unpaired) electrons. The molecular formula is C19H25F3N2O4. The lowest BCUT2D eigenvalue weighted by molar-refractivity contribution is -0.207. The van der Waals surface area contributed by atoms with E-state index in [1.54, 1.807) is 20.8 Å². The molecule has 1 heterocycles. The van der Waals surface area contributed by atoms with E-state index in [2.05, 4.69) is 4.74 Å². The van der Waals surface area contributed by atoms with Gasteiger partial charge in [-0.05, 0) is 38.5 Å². The number of hydrogen-bond acceptors (Lipinski definition) is 6. The van der Waals surface area contributed by atoms with Crippen molar-refractivity contribution in [2.45, 2.75) is 33.5 Å². The Bertz CT molecular complexity index is 721. The number of alkyl halides is 3. The first kappa shape index (κ1) is 22.2. The molecule has 1 aromatic rings. The zero-order valence-corrected chi connectivity index (χ0v) is 16.4. The number of rotatable bonds is 4. The number of carbonyl (C=O) groups excluding carboxylic acids is 2. The molecule has 156 valence electrons. The molecule has 0 atom stereocenters. The maximum Gasteiger partial charge on any atom is 0.416 e. The van der Waals surface area contributed by atoms with Crippen LogP contribution >= 0.6 is 0 Å². The predicted octanol–water partition coefficient (Wildman–Crippen LogP) is 3.11. The number of halogens is 3. The second-order valence-electron chi connectivity index (χ2n) is 7.70. The molecule has 0 unspecified atom stereocenters. The molecule has 1 saturated heterocycles. The van der Waals surface area contributed by atoms with Crippen molar-refractivity contribution in [3.8, 4) is 0 Å². The molecule has 0 aliphatic carbocycles. The molecule has 9 heteroatoms. The smallest absolute Gasteiger partial charge is 0.416 e. The Morgan fingerprint density at radius 1 is 1.07 bits per heavy atom. The summed E-state index contributed by atoms with van der Waals surface area (Å²) in [7, 11) is 1.12. The third kappa shape index (κ3) is 5.68. The molecule has 0 aromatic heterocycles. The van der Waals surface area contributed by atoms with Crippen LogP contribution in [0.4, 0.5) is 13.2 Å². The normalized spacial score (nSPS) is 16.7. The van der Waals surface area contributed by atoms with E-state index < -0.39 is 23.1 Å². The maximum absolute atomic E-state index is 13.4. The number of hydroxylamine groups is 2. The van der Waals surface area contributed by atoms with Crippen LogP contribution in [0.25, 0.3) is 0 Å². The van der Waals surface area contributed by atoms with E-state index in [1.807, 2.05) is 4.90 Å². The standard InChI is InChI=1S/C19H25F3N2O4/c1-18(2,3)17(26)28-24-9-7-23(8-10-24)12-14-6-5-13(16(25)27-4)11-15(14)19(20,21)22/h5-6,11H,7-10,12H2,1-4H3. The Hall–Kier alpha value is -2.13. The molecule has 1 aliphatic rings. The summed E-state index contributed by atoms with van der Waals surface area (Å²) in [6.07, 6.45) is -4.58. The van der Waals surface area contributed by atoms with Gasteiger partial charge in [0.05, 0.1) is 23.7 Å².